The molecule has 0 N–H and O–H groups in total. The summed E-state index contributed by atoms with van der Waals surface area (Å²) >= 11 is 3.08. The van der Waals surface area contributed by atoms with Crippen molar-refractivity contribution in [3.8, 4) is 10.7 Å². The fraction of sp³-hybridized carbons (Fsp3) is 0.278. The molecule has 24 heavy (non-hydrogen) atoms. The van der Waals surface area contributed by atoms with Crippen LogP contribution in [0.15, 0.2) is 40.9 Å². The molecule has 0 spiro atoms. The van der Waals surface area contributed by atoms with Gasteiger partial charge in [-0.2, -0.15) is 0 Å². The SMILES string of the molecule is Cc1ccc(C)c(C(=O)C(C)Sc2nnc(-c3cccs3)n2C)c1. The molecule has 0 fully saturated rings. The van der Waals surface area contributed by atoms with Crippen LogP contribution in [0.25, 0.3) is 10.7 Å². The molecule has 0 saturated carbocycles. The highest BCUT2D eigenvalue weighted by atomic mass is 32.2. The Morgan fingerprint density at radius 2 is 2.04 bits per heavy atom. The van der Waals surface area contributed by atoms with Crippen LogP contribution in [0.3, 0.4) is 0 Å². The van der Waals surface area contributed by atoms with E-state index in [1.807, 2.05) is 68.1 Å². The Bertz CT molecular complexity index is 869. The lowest BCUT2D eigenvalue weighted by Gasteiger charge is -2.12. The van der Waals surface area contributed by atoms with Crippen molar-refractivity contribution >= 4 is 28.9 Å². The first-order valence-electron chi connectivity index (χ1n) is 7.68. The molecule has 0 aliphatic rings. The predicted molar refractivity (Wildman–Crippen MR) is 99.9 cm³/mol. The second kappa shape index (κ2) is 6.91. The lowest BCUT2D eigenvalue weighted by molar-refractivity contribution is 0.0993. The largest absolute Gasteiger partial charge is 0.304 e. The summed E-state index contributed by atoms with van der Waals surface area (Å²) in [4.78, 5) is 13.9. The number of thiophene rings is 1. The molecule has 3 rings (SSSR count). The van der Waals surface area contributed by atoms with Crippen LogP contribution in [0.2, 0.25) is 0 Å². The molecule has 4 nitrogen and oxygen atoms in total. The monoisotopic (exact) mass is 357 g/mol. The molecule has 124 valence electrons. The summed E-state index contributed by atoms with van der Waals surface area (Å²) in [7, 11) is 1.94. The minimum atomic E-state index is -0.218. The lowest BCUT2D eigenvalue weighted by Crippen LogP contribution is -2.16. The van der Waals surface area contributed by atoms with E-state index in [1.54, 1.807) is 11.3 Å². The van der Waals surface area contributed by atoms with Gasteiger partial charge in [0.05, 0.1) is 10.1 Å². The number of rotatable bonds is 5. The maximum atomic E-state index is 12.8. The van der Waals surface area contributed by atoms with Crippen molar-refractivity contribution in [3.05, 3.63) is 52.4 Å². The number of Topliss-reactive ketones (excluding diaryl/α,β-unsaturated/α-hetero) is 1. The van der Waals surface area contributed by atoms with Gasteiger partial charge in [-0.1, -0.05) is 35.5 Å². The van der Waals surface area contributed by atoms with E-state index in [9.17, 15) is 4.79 Å². The molecule has 1 aromatic carbocycles. The van der Waals surface area contributed by atoms with Crippen LogP contribution in [0, 0.1) is 13.8 Å². The standard InChI is InChI=1S/C18H19N3OS2/c1-11-7-8-12(2)14(10-11)16(22)13(3)24-18-20-19-17(21(18)4)15-6-5-9-23-15/h5-10,13H,1-4H3. The molecule has 0 aliphatic carbocycles. The molecule has 1 atom stereocenters. The van der Waals surface area contributed by atoms with Crippen LogP contribution < -0.4 is 0 Å². The first kappa shape index (κ1) is 16.9. The van der Waals surface area contributed by atoms with Crippen molar-refractivity contribution in [2.75, 3.05) is 0 Å². The van der Waals surface area contributed by atoms with Crippen molar-refractivity contribution in [1.29, 1.82) is 0 Å². The molecule has 2 heterocycles. The molecule has 1 unspecified atom stereocenters. The van der Waals surface area contributed by atoms with Crippen LogP contribution in [-0.2, 0) is 7.05 Å². The number of aromatic nitrogens is 3. The van der Waals surface area contributed by atoms with Gasteiger partial charge in [0.2, 0.25) is 0 Å². The third kappa shape index (κ3) is 3.30. The van der Waals surface area contributed by atoms with Crippen molar-refractivity contribution in [2.24, 2.45) is 7.05 Å². The summed E-state index contributed by atoms with van der Waals surface area (Å²) in [6, 6.07) is 10.0. The van der Waals surface area contributed by atoms with Gasteiger partial charge in [-0.3, -0.25) is 4.79 Å². The van der Waals surface area contributed by atoms with Gasteiger partial charge < -0.3 is 4.57 Å². The first-order chi connectivity index (χ1) is 11.5. The van der Waals surface area contributed by atoms with Crippen molar-refractivity contribution < 1.29 is 4.79 Å². The molecular weight excluding hydrogens is 338 g/mol. The summed E-state index contributed by atoms with van der Waals surface area (Å²) in [6.07, 6.45) is 0. The van der Waals surface area contributed by atoms with Gasteiger partial charge in [-0.25, -0.2) is 0 Å². The fourth-order valence-corrected chi connectivity index (χ4v) is 4.10. The third-order valence-electron chi connectivity index (χ3n) is 3.89. The van der Waals surface area contributed by atoms with E-state index in [1.165, 1.54) is 11.8 Å². The van der Waals surface area contributed by atoms with E-state index in [0.717, 1.165) is 32.5 Å². The van der Waals surface area contributed by atoms with Crippen LogP contribution in [0.5, 0.6) is 0 Å². The Labute approximate surface area is 149 Å². The summed E-state index contributed by atoms with van der Waals surface area (Å²) < 4.78 is 1.95. The van der Waals surface area contributed by atoms with Crippen LogP contribution in [0.1, 0.15) is 28.4 Å². The number of aryl methyl sites for hydroxylation is 2. The predicted octanol–water partition coefficient (Wildman–Crippen LogP) is 4.52. The van der Waals surface area contributed by atoms with Crippen molar-refractivity contribution in [3.63, 3.8) is 0 Å². The highest BCUT2D eigenvalue weighted by molar-refractivity contribution is 8.00. The quantitative estimate of drug-likeness (QED) is 0.497. The second-order valence-electron chi connectivity index (χ2n) is 5.79. The second-order valence-corrected chi connectivity index (χ2v) is 8.04. The lowest BCUT2D eigenvalue weighted by atomic mass is 10.0. The number of benzene rings is 1. The zero-order chi connectivity index (χ0) is 17.3. The van der Waals surface area contributed by atoms with Crippen molar-refractivity contribution in [2.45, 2.75) is 31.2 Å². The van der Waals surface area contributed by atoms with Gasteiger partial charge in [0.25, 0.3) is 0 Å². The van der Waals surface area contributed by atoms with Gasteiger partial charge in [0.15, 0.2) is 16.8 Å². The van der Waals surface area contributed by atoms with Crippen molar-refractivity contribution in [1.82, 2.24) is 14.8 Å². The normalized spacial score (nSPS) is 12.3. The molecule has 0 saturated heterocycles. The molecule has 6 heteroatoms. The molecule has 0 bridgehead atoms. The van der Waals surface area contributed by atoms with E-state index in [2.05, 4.69) is 10.2 Å². The Kier molecular flexibility index (Phi) is 4.87. The fourth-order valence-electron chi connectivity index (χ4n) is 2.47. The summed E-state index contributed by atoms with van der Waals surface area (Å²) in [6.45, 7) is 5.90. The number of carbonyl (C=O) groups excluding carboxylic acids is 1. The molecule has 0 radical (unpaired) electrons. The number of nitrogens with zero attached hydrogens (tertiary/aromatic N) is 3. The van der Waals surface area contributed by atoms with Gasteiger partial charge in [0.1, 0.15) is 0 Å². The zero-order valence-electron chi connectivity index (χ0n) is 14.1. The summed E-state index contributed by atoms with van der Waals surface area (Å²) in [5.74, 6) is 0.959. The van der Waals surface area contributed by atoms with E-state index < -0.39 is 0 Å². The van der Waals surface area contributed by atoms with E-state index in [0.29, 0.717) is 0 Å². The highest BCUT2D eigenvalue weighted by Crippen LogP contribution is 2.29. The first-order valence-corrected chi connectivity index (χ1v) is 9.44. The Balaban J connectivity index is 1.81. The summed E-state index contributed by atoms with van der Waals surface area (Å²) in [5.41, 5.74) is 2.89. The maximum Gasteiger partial charge on any atom is 0.191 e. The topological polar surface area (TPSA) is 47.8 Å². The minimum Gasteiger partial charge on any atom is -0.304 e. The molecule has 3 aromatic rings. The molecule has 0 aliphatic heterocycles. The minimum absolute atomic E-state index is 0.127. The van der Waals surface area contributed by atoms with Gasteiger partial charge in [0, 0.05) is 12.6 Å². The van der Waals surface area contributed by atoms with Crippen LogP contribution in [0.4, 0.5) is 0 Å². The smallest absolute Gasteiger partial charge is 0.191 e. The summed E-state index contributed by atoms with van der Waals surface area (Å²) in [5, 5.41) is 11.1. The highest BCUT2D eigenvalue weighted by Gasteiger charge is 2.22. The van der Waals surface area contributed by atoms with Crippen LogP contribution >= 0.6 is 23.1 Å². The number of carbonyl (C=O) groups is 1. The van der Waals surface area contributed by atoms with Gasteiger partial charge in [-0.05, 0) is 43.8 Å². The van der Waals surface area contributed by atoms with Gasteiger partial charge >= 0.3 is 0 Å². The Hall–Kier alpha value is -1.92. The number of thioether (sulfide) groups is 1. The van der Waals surface area contributed by atoms with Gasteiger partial charge in [-0.15, -0.1) is 21.5 Å². The number of hydrogen-bond donors (Lipinski definition) is 0. The maximum absolute atomic E-state index is 12.8. The van der Waals surface area contributed by atoms with E-state index in [-0.39, 0.29) is 11.0 Å². The molecule has 2 aromatic heterocycles. The number of hydrogen-bond acceptors (Lipinski definition) is 5. The average Bonchev–Trinajstić information content (AvgIpc) is 3.20. The molecular formula is C18H19N3OS2. The van der Waals surface area contributed by atoms with E-state index in [4.69, 9.17) is 0 Å². The third-order valence-corrected chi connectivity index (χ3v) is 5.89. The Morgan fingerprint density at radius 3 is 2.75 bits per heavy atom. The zero-order valence-corrected chi connectivity index (χ0v) is 15.7. The number of ketones is 1. The molecule has 0 amide bonds. The van der Waals surface area contributed by atoms with E-state index >= 15 is 0 Å². The average molecular weight is 358 g/mol. The Morgan fingerprint density at radius 1 is 1.25 bits per heavy atom. The van der Waals surface area contributed by atoms with Crippen LogP contribution in [-0.4, -0.2) is 25.8 Å².